The summed E-state index contributed by atoms with van der Waals surface area (Å²) in [4.78, 5) is 10.9. The minimum absolute atomic E-state index is 0.102. The Bertz CT molecular complexity index is 549. The molecule has 0 aliphatic carbocycles. The van der Waals surface area contributed by atoms with Crippen molar-refractivity contribution in [2.75, 3.05) is 0 Å². The summed E-state index contributed by atoms with van der Waals surface area (Å²) < 4.78 is 0.517. The molecule has 0 saturated heterocycles. The minimum atomic E-state index is -0.974. The van der Waals surface area contributed by atoms with E-state index in [0.717, 1.165) is 0 Å². The van der Waals surface area contributed by atoms with Crippen molar-refractivity contribution < 1.29 is 15.0 Å². The van der Waals surface area contributed by atoms with E-state index in [1.54, 1.807) is 18.2 Å². The largest absolute Gasteiger partial charge is 0.507 e. The molecule has 0 fully saturated rings. The Morgan fingerprint density at radius 3 is 2.53 bits per heavy atom. The first kappa shape index (κ1) is 9.98. The van der Waals surface area contributed by atoms with E-state index in [1.165, 1.54) is 12.1 Å². The van der Waals surface area contributed by atoms with Crippen molar-refractivity contribution in [2.45, 2.75) is 0 Å². The Labute approximate surface area is 94.1 Å². The predicted molar refractivity (Wildman–Crippen MR) is 60.3 cm³/mol. The van der Waals surface area contributed by atoms with Crippen LogP contribution in [-0.4, -0.2) is 16.2 Å². The Balaban J connectivity index is 2.89. The zero-order chi connectivity index (χ0) is 11.0. The van der Waals surface area contributed by atoms with Gasteiger partial charge in [0.05, 0.1) is 10.0 Å². The van der Waals surface area contributed by atoms with E-state index < -0.39 is 5.97 Å². The number of hydrogen-bond acceptors (Lipinski definition) is 2. The van der Waals surface area contributed by atoms with Crippen molar-refractivity contribution in [1.82, 2.24) is 0 Å². The standard InChI is InChI=1S/C11H7BrO3/c12-10-7-2-1-3-8(11(14)15)6(7)4-5-9(10)13/h1-5,13H,(H,14,15). The Morgan fingerprint density at radius 2 is 1.87 bits per heavy atom. The van der Waals surface area contributed by atoms with Gasteiger partial charge in [0.25, 0.3) is 0 Å². The fraction of sp³-hybridized carbons (Fsp3) is 0. The maximum absolute atomic E-state index is 10.9. The molecule has 0 aliphatic heterocycles. The molecule has 0 bridgehead atoms. The van der Waals surface area contributed by atoms with Gasteiger partial charge in [-0.2, -0.15) is 0 Å². The van der Waals surface area contributed by atoms with Gasteiger partial charge in [-0.1, -0.05) is 12.1 Å². The summed E-state index contributed by atoms with van der Waals surface area (Å²) in [6.45, 7) is 0. The number of fused-ring (bicyclic) bond motifs is 1. The van der Waals surface area contributed by atoms with E-state index in [4.69, 9.17) is 5.11 Å². The molecule has 0 spiro atoms. The molecule has 2 rings (SSSR count). The van der Waals surface area contributed by atoms with Crippen molar-refractivity contribution in [3.05, 3.63) is 40.4 Å². The molecule has 0 heterocycles. The average molecular weight is 267 g/mol. The Kier molecular flexibility index (Phi) is 2.36. The van der Waals surface area contributed by atoms with Crippen molar-refractivity contribution >= 4 is 32.7 Å². The summed E-state index contributed by atoms with van der Waals surface area (Å²) in [7, 11) is 0. The molecule has 0 amide bonds. The Morgan fingerprint density at radius 1 is 1.13 bits per heavy atom. The quantitative estimate of drug-likeness (QED) is 0.834. The second-order valence-electron chi connectivity index (χ2n) is 3.10. The zero-order valence-electron chi connectivity index (χ0n) is 7.57. The van der Waals surface area contributed by atoms with Crippen LogP contribution >= 0.6 is 15.9 Å². The van der Waals surface area contributed by atoms with Gasteiger partial charge in [-0.3, -0.25) is 0 Å². The van der Waals surface area contributed by atoms with Gasteiger partial charge < -0.3 is 10.2 Å². The first-order chi connectivity index (χ1) is 7.11. The number of rotatable bonds is 1. The van der Waals surface area contributed by atoms with E-state index in [1.807, 2.05) is 0 Å². The van der Waals surface area contributed by atoms with Crippen LogP contribution in [0.4, 0.5) is 0 Å². The molecule has 0 aromatic heterocycles. The molecular weight excluding hydrogens is 260 g/mol. The van der Waals surface area contributed by atoms with Crippen molar-refractivity contribution in [2.24, 2.45) is 0 Å². The number of aromatic hydroxyl groups is 1. The molecule has 0 unspecified atom stereocenters. The average Bonchev–Trinajstić information content (AvgIpc) is 2.23. The topological polar surface area (TPSA) is 57.5 Å². The number of phenolic OH excluding ortho intramolecular Hbond substituents is 1. The van der Waals surface area contributed by atoms with E-state index in [-0.39, 0.29) is 11.3 Å². The van der Waals surface area contributed by atoms with Crippen molar-refractivity contribution in [3.8, 4) is 5.75 Å². The van der Waals surface area contributed by atoms with Gasteiger partial charge in [0.2, 0.25) is 0 Å². The molecule has 15 heavy (non-hydrogen) atoms. The molecule has 76 valence electrons. The van der Waals surface area contributed by atoms with Crippen LogP contribution in [0.5, 0.6) is 5.75 Å². The Hall–Kier alpha value is -1.55. The molecule has 4 heteroatoms. The lowest BCUT2D eigenvalue weighted by atomic mass is 10.0. The van der Waals surface area contributed by atoms with Gasteiger partial charge in [0.1, 0.15) is 5.75 Å². The first-order valence-electron chi connectivity index (χ1n) is 4.25. The fourth-order valence-electron chi connectivity index (χ4n) is 1.50. The summed E-state index contributed by atoms with van der Waals surface area (Å²) >= 11 is 3.22. The lowest BCUT2D eigenvalue weighted by Crippen LogP contribution is -1.97. The van der Waals surface area contributed by atoms with Gasteiger partial charge in [-0.05, 0) is 39.5 Å². The van der Waals surface area contributed by atoms with E-state index in [0.29, 0.717) is 15.2 Å². The number of phenols is 1. The third-order valence-electron chi connectivity index (χ3n) is 2.21. The van der Waals surface area contributed by atoms with Crippen LogP contribution in [-0.2, 0) is 0 Å². The molecule has 0 saturated carbocycles. The van der Waals surface area contributed by atoms with E-state index in [2.05, 4.69) is 15.9 Å². The van der Waals surface area contributed by atoms with E-state index in [9.17, 15) is 9.90 Å². The van der Waals surface area contributed by atoms with Gasteiger partial charge in [0, 0.05) is 5.39 Å². The third-order valence-corrected chi connectivity index (χ3v) is 3.04. The van der Waals surface area contributed by atoms with Crippen LogP contribution in [0.25, 0.3) is 10.8 Å². The number of carboxylic acid groups (broad SMARTS) is 1. The lowest BCUT2D eigenvalue weighted by molar-refractivity contribution is 0.0699. The van der Waals surface area contributed by atoms with Crippen LogP contribution in [0.2, 0.25) is 0 Å². The molecule has 3 nitrogen and oxygen atoms in total. The highest BCUT2D eigenvalue weighted by molar-refractivity contribution is 9.10. The molecule has 2 aromatic rings. The monoisotopic (exact) mass is 266 g/mol. The van der Waals surface area contributed by atoms with Crippen molar-refractivity contribution in [1.29, 1.82) is 0 Å². The van der Waals surface area contributed by atoms with Gasteiger partial charge >= 0.3 is 5.97 Å². The van der Waals surface area contributed by atoms with Crippen LogP contribution in [0, 0.1) is 0 Å². The lowest BCUT2D eigenvalue weighted by Gasteiger charge is -2.05. The van der Waals surface area contributed by atoms with E-state index >= 15 is 0 Å². The van der Waals surface area contributed by atoms with Crippen LogP contribution in [0.3, 0.4) is 0 Å². The highest BCUT2D eigenvalue weighted by Gasteiger charge is 2.11. The SMILES string of the molecule is O=C(O)c1cccc2c(Br)c(O)ccc12. The van der Waals surface area contributed by atoms with Crippen LogP contribution in [0.15, 0.2) is 34.8 Å². The predicted octanol–water partition coefficient (Wildman–Crippen LogP) is 3.01. The van der Waals surface area contributed by atoms with Gasteiger partial charge in [-0.25, -0.2) is 4.79 Å². The highest BCUT2D eigenvalue weighted by atomic mass is 79.9. The molecule has 0 aliphatic rings. The second-order valence-corrected chi connectivity index (χ2v) is 3.90. The number of benzene rings is 2. The smallest absolute Gasteiger partial charge is 0.336 e. The maximum atomic E-state index is 10.9. The number of aromatic carboxylic acids is 1. The summed E-state index contributed by atoms with van der Waals surface area (Å²) in [5, 5.41) is 19.7. The fourth-order valence-corrected chi connectivity index (χ4v) is 1.97. The van der Waals surface area contributed by atoms with Gasteiger partial charge in [0.15, 0.2) is 0 Å². The minimum Gasteiger partial charge on any atom is -0.507 e. The molecule has 2 aromatic carbocycles. The molecule has 0 radical (unpaired) electrons. The van der Waals surface area contributed by atoms with Crippen LogP contribution in [0.1, 0.15) is 10.4 Å². The summed E-state index contributed by atoms with van der Waals surface area (Å²) in [5.74, 6) is -0.872. The summed E-state index contributed by atoms with van der Waals surface area (Å²) in [5.41, 5.74) is 0.230. The number of halogens is 1. The summed E-state index contributed by atoms with van der Waals surface area (Å²) in [6.07, 6.45) is 0. The molecule has 0 atom stereocenters. The first-order valence-corrected chi connectivity index (χ1v) is 5.04. The van der Waals surface area contributed by atoms with Crippen molar-refractivity contribution in [3.63, 3.8) is 0 Å². The number of carbonyl (C=O) groups is 1. The van der Waals surface area contributed by atoms with Gasteiger partial charge in [-0.15, -0.1) is 0 Å². The summed E-state index contributed by atoms with van der Waals surface area (Å²) in [6, 6.07) is 8.01. The number of hydrogen-bond donors (Lipinski definition) is 2. The maximum Gasteiger partial charge on any atom is 0.336 e. The normalized spacial score (nSPS) is 10.5. The third kappa shape index (κ3) is 1.57. The van der Waals surface area contributed by atoms with Crippen LogP contribution < -0.4 is 0 Å². The highest BCUT2D eigenvalue weighted by Crippen LogP contribution is 2.33. The number of carboxylic acids is 1. The molecular formula is C11H7BrO3. The molecule has 2 N–H and O–H groups in total. The zero-order valence-corrected chi connectivity index (χ0v) is 9.15. The second kappa shape index (κ2) is 3.55.